The number of hydrogen-bond acceptors (Lipinski definition) is 5. The topological polar surface area (TPSA) is 90.9 Å². The van der Waals surface area contributed by atoms with Gasteiger partial charge in [-0.2, -0.15) is 0 Å². The van der Waals surface area contributed by atoms with E-state index in [-0.39, 0.29) is 24.8 Å². The van der Waals surface area contributed by atoms with Crippen molar-refractivity contribution in [3.05, 3.63) is 28.8 Å². The van der Waals surface area contributed by atoms with Crippen LogP contribution >= 0.6 is 0 Å². The summed E-state index contributed by atoms with van der Waals surface area (Å²) in [4.78, 5) is 26.5. The zero-order valence-corrected chi connectivity index (χ0v) is 15.8. The fourth-order valence-electron chi connectivity index (χ4n) is 3.19. The van der Waals surface area contributed by atoms with Crippen molar-refractivity contribution in [3.8, 4) is 5.75 Å². The number of amides is 2. The van der Waals surface area contributed by atoms with Crippen molar-refractivity contribution in [2.45, 2.75) is 39.3 Å². The lowest BCUT2D eigenvalue weighted by Crippen LogP contribution is -2.56. The minimum atomic E-state index is -0.486. The minimum absolute atomic E-state index is 0.0341. The molecule has 1 heterocycles. The SMILES string of the molecule is COc1ccc(CN2CCNC(=O)C2CC(=O)NCCCO)c(C)c1C. The summed E-state index contributed by atoms with van der Waals surface area (Å²) < 4.78 is 5.36. The molecule has 1 saturated heterocycles. The van der Waals surface area contributed by atoms with E-state index in [1.165, 1.54) is 0 Å². The molecule has 1 aliphatic rings. The number of nitrogens with one attached hydrogen (secondary N) is 2. The number of carbonyl (C=O) groups is 2. The Bertz CT molecular complexity index is 648. The molecule has 3 N–H and O–H groups in total. The molecule has 0 spiro atoms. The van der Waals surface area contributed by atoms with E-state index in [1.807, 2.05) is 26.0 Å². The molecular formula is C19H29N3O4. The number of methoxy groups -OCH3 is 1. The maximum Gasteiger partial charge on any atom is 0.237 e. The summed E-state index contributed by atoms with van der Waals surface area (Å²) in [7, 11) is 1.65. The Kier molecular flexibility index (Phi) is 7.41. The number of carbonyl (C=O) groups excluding carboxylic acids is 2. The van der Waals surface area contributed by atoms with Crippen LogP contribution in [0.25, 0.3) is 0 Å². The zero-order chi connectivity index (χ0) is 19.1. The van der Waals surface area contributed by atoms with E-state index in [0.717, 1.165) is 22.4 Å². The lowest BCUT2D eigenvalue weighted by molar-refractivity contribution is -0.134. The van der Waals surface area contributed by atoms with Crippen LogP contribution in [-0.2, 0) is 16.1 Å². The van der Waals surface area contributed by atoms with E-state index in [0.29, 0.717) is 32.6 Å². The molecule has 1 aromatic carbocycles. The first kappa shape index (κ1) is 20.2. The van der Waals surface area contributed by atoms with Crippen LogP contribution in [-0.4, -0.2) is 61.2 Å². The van der Waals surface area contributed by atoms with Crippen LogP contribution in [0.5, 0.6) is 5.75 Å². The highest BCUT2D eigenvalue weighted by Crippen LogP contribution is 2.25. The lowest BCUT2D eigenvalue weighted by atomic mass is 10.00. The Balaban J connectivity index is 2.09. The highest BCUT2D eigenvalue weighted by molar-refractivity contribution is 5.88. The summed E-state index contributed by atoms with van der Waals surface area (Å²) in [6.07, 6.45) is 0.627. The van der Waals surface area contributed by atoms with Gasteiger partial charge in [0.1, 0.15) is 5.75 Å². The molecule has 26 heavy (non-hydrogen) atoms. The summed E-state index contributed by atoms with van der Waals surface area (Å²) in [5.74, 6) is 0.562. The molecule has 2 amide bonds. The van der Waals surface area contributed by atoms with Crippen molar-refractivity contribution in [3.63, 3.8) is 0 Å². The molecular weight excluding hydrogens is 334 g/mol. The quantitative estimate of drug-likeness (QED) is 0.585. The van der Waals surface area contributed by atoms with E-state index in [1.54, 1.807) is 7.11 Å². The third-order valence-corrected chi connectivity index (χ3v) is 4.92. The first-order chi connectivity index (χ1) is 12.5. The van der Waals surface area contributed by atoms with Gasteiger partial charge in [-0.15, -0.1) is 0 Å². The zero-order valence-electron chi connectivity index (χ0n) is 15.8. The standard InChI is InChI=1S/C19H29N3O4/c1-13-14(2)17(26-3)6-5-15(13)12-22-9-8-21-19(25)16(22)11-18(24)20-7-4-10-23/h5-6,16,23H,4,7-12H2,1-3H3,(H,20,24)(H,21,25). The molecule has 7 nitrogen and oxygen atoms in total. The van der Waals surface area contributed by atoms with Crippen LogP contribution in [0, 0.1) is 13.8 Å². The maximum atomic E-state index is 12.3. The molecule has 0 aromatic heterocycles. The highest BCUT2D eigenvalue weighted by Gasteiger charge is 2.31. The Morgan fingerprint density at radius 2 is 2.15 bits per heavy atom. The second-order valence-corrected chi connectivity index (χ2v) is 6.59. The number of piperazine rings is 1. The highest BCUT2D eigenvalue weighted by atomic mass is 16.5. The Morgan fingerprint density at radius 3 is 2.85 bits per heavy atom. The van der Waals surface area contributed by atoms with Crippen LogP contribution in [0.15, 0.2) is 12.1 Å². The fourth-order valence-corrected chi connectivity index (χ4v) is 3.19. The average molecular weight is 363 g/mol. The van der Waals surface area contributed by atoms with Crippen LogP contribution in [0.1, 0.15) is 29.5 Å². The van der Waals surface area contributed by atoms with Gasteiger partial charge in [0.15, 0.2) is 0 Å². The second-order valence-electron chi connectivity index (χ2n) is 6.59. The third-order valence-electron chi connectivity index (χ3n) is 4.92. The fraction of sp³-hybridized carbons (Fsp3) is 0.579. The second kappa shape index (κ2) is 9.54. The Hall–Kier alpha value is -2.12. The Morgan fingerprint density at radius 1 is 1.38 bits per heavy atom. The number of aliphatic hydroxyl groups is 1. The number of rotatable bonds is 8. The average Bonchev–Trinajstić information content (AvgIpc) is 2.62. The van der Waals surface area contributed by atoms with E-state index in [2.05, 4.69) is 15.5 Å². The summed E-state index contributed by atoms with van der Waals surface area (Å²) in [6, 6.07) is 3.48. The van der Waals surface area contributed by atoms with Crippen LogP contribution in [0.4, 0.5) is 0 Å². The van der Waals surface area contributed by atoms with Gasteiger partial charge in [-0.05, 0) is 43.0 Å². The predicted molar refractivity (Wildman–Crippen MR) is 99.0 cm³/mol. The van der Waals surface area contributed by atoms with E-state index >= 15 is 0 Å². The number of nitrogens with zero attached hydrogens (tertiary/aromatic N) is 1. The predicted octanol–water partition coefficient (Wildman–Crippen LogP) is 0.501. The first-order valence-corrected chi connectivity index (χ1v) is 9.00. The van der Waals surface area contributed by atoms with Crippen molar-refractivity contribution in [2.24, 2.45) is 0 Å². The van der Waals surface area contributed by atoms with Gasteiger partial charge in [0.2, 0.25) is 11.8 Å². The van der Waals surface area contributed by atoms with E-state index in [4.69, 9.17) is 9.84 Å². The molecule has 1 aliphatic heterocycles. The van der Waals surface area contributed by atoms with Gasteiger partial charge in [-0.1, -0.05) is 6.07 Å². The smallest absolute Gasteiger partial charge is 0.237 e. The van der Waals surface area contributed by atoms with Gasteiger partial charge in [0.05, 0.1) is 19.6 Å². The molecule has 0 saturated carbocycles. The molecule has 1 atom stereocenters. The summed E-state index contributed by atoms with van der Waals surface area (Å²) >= 11 is 0. The normalized spacial score (nSPS) is 17.7. The summed E-state index contributed by atoms with van der Waals surface area (Å²) in [5.41, 5.74) is 3.36. The number of hydrogen-bond donors (Lipinski definition) is 3. The summed E-state index contributed by atoms with van der Waals surface area (Å²) in [5, 5.41) is 14.4. The van der Waals surface area contributed by atoms with Crippen molar-refractivity contribution >= 4 is 11.8 Å². The monoisotopic (exact) mass is 363 g/mol. The van der Waals surface area contributed by atoms with Gasteiger partial charge >= 0.3 is 0 Å². The van der Waals surface area contributed by atoms with Gasteiger partial charge in [-0.25, -0.2) is 0 Å². The minimum Gasteiger partial charge on any atom is -0.496 e. The van der Waals surface area contributed by atoms with Crippen molar-refractivity contribution in [2.75, 3.05) is 33.4 Å². The van der Waals surface area contributed by atoms with Crippen LogP contribution in [0.2, 0.25) is 0 Å². The molecule has 1 fully saturated rings. The van der Waals surface area contributed by atoms with E-state index < -0.39 is 6.04 Å². The molecule has 1 unspecified atom stereocenters. The molecule has 7 heteroatoms. The maximum absolute atomic E-state index is 12.3. The largest absolute Gasteiger partial charge is 0.496 e. The third kappa shape index (κ3) is 4.95. The summed E-state index contributed by atoms with van der Waals surface area (Å²) in [6.45, 7) is 6.41. The first-order valence-electron chi connectivity index (χ1n) is 9.00. The lowest BCUT2D eigenvalue weighted by Gasteiger charge is -2.35. The molecule has 1 aromatic rings. The van der Waals surface area contributed by atoms with Gasteiger partial charge in [0.25, 0.3) is 0 Å². The van der Waals surface area contributed by atoms with Gasteiger partial charge in [0, 0.05) is 32.8 Å². The van der Waals surface area contributed by atoms with Crippen molar-refractivity contribution < 1.29 is 19.4 Å². The number of aliphatic hydroxyl groups excluding tert-OH is 1. The van der Waals surface area contributed by atoms with Crippen LogP contribution < -0.4 is 15.4 Å². The van der Waals surface area contributed by atoms with Crippen LogP contribution in [0.3, 0.4) is 0 Å². The number of benzene rings is 1. The molecule has 0 aliphatic carbocycles. The molecule has 0 radical (unpaired) electrons. The molecule has 144 valence electrons. The number of ether oxygens (including phenoxy) is 1. The van der Waals surface area contributed by atoms with E-state index in [9.17, 15) is 9.59 Å². The molecule has 0 bridgehead atoms. The molecule has 2 rings (SSSR count). The van der Waals surface area contributed by atoms with Gasteiger partial charge < -0.3 is 20.5 Å². The van der Waals surface area contributed by atoms with Crippen molar-refractivity contribution in [1.29, 1.82) is 0 Å². The Labute approximate surface area is 154 Å². The van der Waals surface area contributed by atoms with Gasteiger partial charge in [-0.3, -0.25) is 14.5 Å². The van der Waals surface area contributed by atoms with Crippen molar-refractivity contribution in [1.82, 2.24) is 15.5 Å².